The fourth-order valence-electron chi connectivity index (χ4n) is 3.06. The van der Waals surface area contributed by atoms with Crippen molar-refractivity contribution in [1.29, 1.82) is 0 Å². The minimum Gasteiger partial charge on any atom is -0.622 e. The number of rotatable bonds is 4. The van der Waals surface area contributed by atoms with Gasteiger partial charge < -0.3 is 5.21 Å². The maximum atomic E-state index is 13.0. The number of hydroxylamine groups is 1. The van der Waals surface area contributed by atoms with Gasteiger partial charge in [0.15, 0.2) is 6.21 Å². The molecule has 2 aromatic rings. The van der Waals surface area contributed by atoms with E-state index in [0.717, 1.165) is 20.2 Å². The first-order valence-corrected chi connectivity index (χ1v) is 9.50. The minimum absolute atomic E-state index is 0.283. The van der Waals surface area contributed by atoms with Crippen molar-refractivity contribution in [2.75, 3.05) is 0 Å². The first kappa shape index (κ1) is 18.0. The first-order chi connectivity index (χ1) is 11.9. The van der Waals surface area contributed by atoms with Gasteiger partial charge in [-0.2, -0.15) is 4.74 Å². The second-order valence-electron chi connectivity index (χ2n) is 6.86. The van der Waals surface area contributed by atoms with Gasteiger partial charge in [-0.05, 0) is 38.5 Å². The van der Waals surface area contributed by atoms with Crippen molar-refractivity contribution in [3.8, 4) is 0 Å². The van der Waals surface area contributed by atoms with Crippen LogP contribution in [0.1, 0.15) is 30.5 Å². The standard InChI is InChI=1S/C20H22N2OS2/c1-15-9-11-17(12-10-15)14-22(23)18-20(2,3)25-19(24)21(18)13-16-7-5-4-6-8-16/h4-12,14,18H,13H2,1-3H3/b22-14-/t18-/m0/s1. The Balaban J connectivity index is 1.91. The van der Waals surface area contributed by atoms with Gasteiger partial charge in [-0.1, -0.05) is 72.0 Å². The maximum Gasteiger partial charge on any atom is 0.254 e. The van der Waals surface area contributed by atoms with Gasteiger partial charge in [-0.25, -0.2) is 0 Å². The van der Waals surface area contributed by atoms with Gasteiger partial charge >= 0.3 is 0 Å². The molecule has 0 N–H and O–H groups in total. The third-order valence-corrected chi connectivity index (χ3v) is 5.92. The monoisotopic (exact) mass is 370 g/mol. The fourth-order valence-corrected chi connectivity index (χ4v) is 4.93. The van der Waals surface area contributed by atoms with Crippen molar-refractivity contribution in [1.82, 2.24) is 4.90 Å². The van der Waals surface area contributed by atoms with Gasteiger partial charge in [0.05, 0.1) is 6.54 Å². The van der Waals surface area contributed by atoms with Gasteiger partial charge in [0.2, 0.25) is 0 Å². The molecule has 2 aromatic carbocycles. The number of benzene rings is 2. The average molecular weight is 371 g/mol. The second-order valence-corrected chi connectivity index (χ2v) is 9.15. The molecule has 5 heteroatoms. The molecular formula is C20H22N2OS2. The summed E-state index contributed by atoms with van der Waals surface area (Å²) < 4.78 is 1.55. The summed E-state index contributed by atoms with van der Waals surface area (Å²) >= 11 is 7.17. The fraction of sp³-hybridized carbons (Fsp3) is 0.300. The van der Waals surface area contributed by atoms with Gasteiger partial charge in [-0.15, -0.1) is 0 Å². The van der Waals surface area contributed by atoms with Crippen LogP contribution in [-0.2, 0) is 6.54 Å². The molecule has 1 aliphatic heterocycles. The Bertz CT molecular complexity index is 785. The zero-order valence-corrected chi connectivity index (χ0v) is 16.3. The molecule has 1 fully saturated rings. The van der Waals surface area contributed by atoms with E-state index in [4.69, 9.17) is 12.2 Å². The predicted molar refractivity (Wildman–Crippen MR) is 110 cm³/mol. The van der Waals surface area contributed by atoms with Crippen molar-refractivity contribution in [3.63, 3.8) is 0 Å². The Morgan fingerprint density at radius 3 is 2.44 bits per heavy atom. The Labute approximate surface area is 158 Å². The number of thioether (sulfide) groups is 1. The van der Waals surface area contributed by atoms with E-state index < -0.39 is 0 Å². The molecule has 25 heavy (non-hydrogen) atoms. The van der Waals surface area contributed by atoms with E-state index >= 15 is 0 Å². The van der Waals surface area contributed by atoms with Crippen molar-refractivity contribution >= 4 is 34.5 Å². The zero-order valence-electron chi connectivity index (χ0n) is 14.7. The highest BCUT2D eigenvalue weighted by molar-refractivity contribution is 8.24. The summed E-state index contributed by atoms with van der Waals surface area (Å²) in [5, 5.41) is 13.0. The highest BCUT2D eigenvalue weighted by Gasteiger charge is 2.50. The molecule has 0 aliphatic carbocycles. The van der Waals surface area contributed by atoms with E-state index in [1.165, 1.54) is 5.56 Å². The molecule has 0 spiro atoms. The second kappa shape index (κ2) is 7.18. The Morgan fingerprint density at radius 2 is 1.80 bits per heavy atom. The lowest BCUT2D eigenvalue weighted by Crippen LogP contribution is -2.47. The summed E-state index contributed by atoms with van der Waals surface area (Å²) in [5.41, 5.74) is 3.23. The number of thiocarbonyl (C=S) groups is 1. The van der Waals surface area contributed by atoms with Crippen molar-refractivity contribution < 1.29 is 4.74 Å². The third kappa shape index (κ3) is 4.05. The summed E-state index contributed by atoms with van der Waals surface area (Å²) in [7, 11) is 0. The van der Waals surface area contributed by atoms with E-state index in [-0.39, 0.29) is 10.9 Å². The van der Waals surface area contributed by atoms with Crippen LogP contribution < -0.4 is 0 Å². The lowest BCUT2D eigenvalue weighted by molar-refractivity contribution is -0.524. The topological polar surface area (TPSA) is 29.3 Å². The van der Waals surface area contributed by atoms with Gasteiger partial charge in [0.25, 0.3) is 6.17 Å². The molecule has 1 saturated heterocycles. The molecule has 0 bridgehead atoms. The molecule has 0 amide bonds. The van der Waals surface area contributed by atoms with E-state index in [2.05, 4.69) is 26.0 Å². The summed E-state index contributed by atoms with van der Waals surface area (Å²) in [6.45, 7) is 6.83. The molecule has 0 aromatic heterocycles. The lowest BCUT2D eigenvalue weighted by atomic mass is 10.1. The Morgan fingerprint density at radius 1 is 1.16 bits per heavy atom. The molecule has 3 nitrogen and oxygen atoms in total. The van der Waals surface area contributed by atoms with Crippen LogP contribution in [0.4, 0.5) is 0 Å². The van der Waals surface area contributed by atoms with E-state index in [1.807, 2.05) is 54.3 Å². The van der Waals surface area contributed by atoms with Crippen LogP contribution >= 0.6 is 24.0 Å². The molecule has 130 valence electrons. The Kier molecular flexibility index (Phi) is 5.16. The van der Waals surface area contributed by atoms with E-state index in [9.17, 15) is 5.21 Å². The van der Waals surface area contributed by atoms with Crippen LogP contribution in [0.15, 0.2) is 54.6 Å². The molecule has 1 aliphatic rings. The number of nitrogens with zero attached hydrogens (tertiary/aromatic N) is 2. The first-order valence-electron chi connectivity index (χ1n) is 8.27. The smallest absolute Gasteiger partial charge is 0.254 e. The largest absolute Gasteiger partial charge is 0.622 e. The van der Waals surface area contributed by atoms with E-state index in [1.54, 1.807) is 18.0 Å². The van der Waals surface area contributed by atoms with Crippen molar-refractivity contribution in [2.24, 2.45) is 0 Å². The minimum atomic E-state index is -0.341. The van der Waals surface area contributed by atoms with Crippen molar-refractivity contribution in [3.05, 3.63) is 76.5 Å². The maximum absolute atomic E-state index is 13.0. The molecule has 1 atom stereocenters. The van der Waals surface area contributed by atoms with Crippen molar-refractivity contribution in [2.45, 2.75) is 38.2 Å². The number of aryl methyl sites for hydroxylation is 1. The highest BCUT2D eigenvalue weighted by atomic mass is 32.2. The van der Waals surface area contributed by atoms with Crippen LogP contribution in [0.3, 0.4) is 0 Å². The van der Waals surface area contributed by atoms with Crippen LogP contribution in [-0.4, -0.2) is 31.1 Å². The van der Waals surface area contributed by atoms with Gasteiger partial charge in [0, 0.05) is 5.56 Å². The summed E-state index contributed by atoms with van der Waals surface area (Å²) in [6, 6.07) is 18.1. The van der Waals surface area contributed by atoms with Crippen LogP contribution in [0, 0.1) is 12.1 Å². The van der Waals surface area contributed by atoms with Crippen LogP contribution in [0.25, 0.3) is 0 Å². The summed E-state index contributed by atoms with van der Waals surface area (Å²) in [4.78, 5) is 2.03. The highest BCUT2D eigenvalue weighted by Crippen LogP contribution is 2.42. The van der Waals surface area contributed by atoms with Crippen LogP contribution in [0.2, 0.25) is 0 Å². The average Bonchev–Trinajstić information content (AvgIpc) is 2.79. The lowest BCUT2D eigenvalue weighted by Gasteiger charge is -2.29. The molecule has 0 radical (unpaired) electrons. The summed E-state index contributed by atoms with van der Waals surface area (Å²) in [6.07, 6.45) is 1.32. The summed E-state index contributed by atoms with van der Waals surface area (Å²) in [5.74, 6) is 0. The molecule has 3 rings (SSSR count). The predicted octanol–water partition coefficient (Wildman–Crippen LogP) is 4.56. The Hall–Kier alpha value is -1.85. The van der Waals surface area contributed by atoms with Gasteiger partial charge in [0.1, 0.15) is 9.07 Å². The van der Waals surface area contributed by atoms with Crippen LogP contribution in [0.5, 0.6) is 0 Å². The zero-order chi connectivity index (χ0) is 18.0. The molecule has 0 saturated carbocycles. The normalized spacial score (nSPS) is 20.1. The number of hydrogen-bond acceptors (Lipinski definition) is 3. The van der Waals surface area contributed by atoms with Gasteiger partial charge in [-0.3, -0.25) is 4.90 Å². The quantitative estimate of drug-likeness (QED) is 0.259. The van der Waals surface area contributed by atoms with E-state index in [0.29, 0.717) is 6.54 Å². The molecule has 1 heterocycles. The third-order valence-electron chi connectivity index (χ3n) is 4.29. The number of hydrogen-bond donors (Lipinski definition) is 0. The molecular weight excluding hydrogens is 348 g/mol. The molecule has 0 unspecified atom stereocenters. The SMILES string of the molecule is Cc1ccc(/C=[N+](\[O-])[C@@H]2N(Cc3ccccc3)C(=S)SC2(C)C)cc1.